The Balaban J connectivity index is 1.65. The van der Waals surface area contributed by atoms with Crippen LogP contribution >= 0.6 is 11.8 Å². The Bertz CT molecular complexity index is 1310. The molecule has 1 fully saturated rings. The van der Waals surface area contributed by atoms with E-state index in [1.165, 1.54) is 17.3 Å². The predicted octanol–water partition coefficient (Wildman–Crippen LogP) is 5.06. The van der Waals surface area contributed by atoms with Gasteiger partial charge in [0.05, 0.1) is 17.8 Å². The number of ether oxygens (including phenoxy) is 1. The summed E-state index contributed by atoms with van der Waals surface area (Å²) >= 11 is 1.40. The zero-order valence-electron chi connectivity index (χ0n) is 17.7. The van der Waals surface area contributed by atoms with Crippen molar-refractivity contribution in [2.24, 2.45) is 0 Å². The van der Waals surface area contributed by atoms with Crippen LogP contribution in [0.5, 0.6) is 0 Å². The Morgan fingerprint density at radius 3 is 2.75 bits per heavy atom. The summed E-state index contributed by atoms with van der Waals surface area (Å²) in [6.07, 6.45) is 2.49. The van der Waals surface area contributed by atoms with Crippen LogP contribution in [0.2, 0.25) is 0 Å². The zero-order chi connectivity index (χ0) is 22.1. The normalized spacial score (nSPS) is 15.8. The number of aromatic nitrogens is 4. The minimum absolute atomic E-state index is 0.194. The highest BCUT2D eigenvalue weighted by Gasteiger charge is 2.30. The first-order valence-corrected chi connectivity index (χ1v) is 11.4. The Morgan fingerprint density at radius 2 is 2.00 bits per heavy atom. The van der Waals surface area contributed by atoms with Gasteiger partial charge in [0.1, 0.15) is 5.25 Å². The van der Waals surface area contributed by atoms with E-state index in [-0.39, 0.29) is 11.2 Å². The number of benzene rings is 2. The molecule has 2 aromatic heterocycles. The smallest absolute Gasteiger partial charge is 0.319 e. The number of fused-ring (bicyclic) bond motifs is 1. The fraction of sp³-hybridized carbons (Fsp3) is 0.200. The molecule has 0 radical (unpaired) electrons. The first-order chi connectivity index (χ1) is 15.6. The zero-order valence-corrected chi connectivity index (χ0v) is 18.5. The third-order valence-corrected chi connectivity index (χ3v) is 6.69. The molecule has 0 saturated carbocycles. The van der Waals surface area contributed by atoms with Crippen LogP contribution in [0.25, 0.3) is 33.5 Å². The number of esters is 1. The lowest BCUT2D eigenvalue weighted by molar-refractivity contribution is -0.137. The predicted molar refractivity (Wildman–Crippen MR) is 126 cm³/mol. The van der Waals surface area contributed by atoms with Crippen LogP contribution in [0.15, 0.2) is 72.4 Å². The lowest BCUT2D eigenvalue weighted by Gasteiger charge is -2.12. The molecule has 1 unspecified atom stereocenters. The molecule has 6 nitrogen and oxygen atoms in total. The van der Waals surface area contributed by atoms with Gasteiger partial charge in [0.25, 0.3) is 0 Å². The molecule has 0 spiro atoms. The molecular formula is C25H22N4O2S. The van der Waals surface area contributed by atoms with Crippen LogP contribution < -0.4 is 0 Å². The number of hydrogen-bond donors (Lipinski definition) is 0. The summed E-state index contributed by atoms with van der Waals surface area (Å²) < 4.78 is 7.12. The molecule has 0 aliphatic carbocycles. The van der Waals surface area contributed by atoms with Gasteiger partial charge in [-0.25, -0.2) is 4.98 Å². The molecule has 2 aromatic carbocycles. The van der Waals surface area contributed by atoms with Crippen molar-refractivity contribution in [3.63, 3.8) is 0 Å². The number of hydrogen-bond acceptors (Lipinski definition) is 6. The Morgan fingerprint density at radius 1 is 1.19 bits per heavy atom. The number of carbonyl (C=O) groups excluding carboxylic acids is 1. The molecule has 0 N–H and O–H groups in total. The number of thioether (sulfide) groups is 1. The number of cyclic esters (lactones) is 1. The van der Waals surface area contributed by atoms with Crippen molar-refractivity contribution in [1.29, 1.82) is 0 Å². The molecule has 4 aromatic rings. The second-order valence-corrected chi connectivity index (χ2v) is 8.88. The van der Waals surface area contributed by atoms with E-state index in [0.29, 0.717) is 24.7 Å². The highest BCUT2D eigenvalue weighted by Crippen LogP contribution is 2.35. The molecule has 1 saturated heterocycles. The number of carbonyl (C=O) groups is 1. The quantitative estimate of drug-likeness (QED) is 0.307. The Hall–Kier alpha value is -3.45. The first-order valence-electron chi connectivity index (χ1n) is 10.5. The van der Waals surface area contributed by atoms with Gasteiger partial charge in [-0.05, 0) is 19.1 Å². The van der Waals surface area contributed by atoms with Gasteiger partial charge in [-0.3, -0.25) is 9.36 Å². The van der Waals surface area contributed by atoms with E-state index in [4.69, 9.17) is 9.72 Å². The van der Waals surface area contributed by atoms with E-state index in [2.05, 4.69) is 54.0 Å². The van der Waals surface area contributed by atoms with Gasteiger partial charge < -0.3 is 4.74 Å². The van der Waals surface area contributed by atoms with Gasteiger partial charge in [-0.2, -0.15) is 0 Å². The van der Waals surface area contributed by atoms with Crippen molar-refractivity contribution in [3.05, 3.63) is 72.8 Å². The maximum atomic E-state index is 12.0. The van der Waals surface area contributed by atoms with Crippen LogP contribution in [0, 0.1) is 6.92 Å². The van der Waals surface area contributed by atoms with Crippen molar-refractivity contribution in [2.45, 2.75) is 30.3 Å². The molecule has 32 heavy (non-hydrogen) atoms. The van der Waals surface area contributed by atoms with Crippen LogP contribution in [0.1, 0.15) is 12.0 Å². The summed E-state index contributed by atoms with van der Waals surface area (Å²) in [4.78, 5) is 16.9. The Kier molecular flexibility index (Phi) is 5.49. The summed E-state index contributed by atoms with van der Waals surface area (Å²) in [7, 11) is 0. The van der Waals surface area contributed by atoms with Crippen molar-refractivity contribution < 1.29 is 9.53 Å². The highest BCUT2D eigenvalue weighted by molar-refractivity contribution is 8.00. The van der Waals surface area contributed by atoms with Gasteiger partial charge in [0.15, 0.2) is 11.0 Å². The van der Waals surface area contributed by atoms with E-state index in [1.54, 1.807) is 0 Å². The van der Waals surface area contributed by atoms with Gasteiger partial charge >= 0.3 is 5.97 Å². The van der Waals surface area contributed by atoms with E-state index in [1.807, 2.05) is 34.9 Å². The first kappa shape index (κ1) is 20.5. The van der Waals surface area contributed by atoms with Gasteiger partial charge in [0.2, 0.25) is 0 Å². The fourth-order valence-electron chi connectivity index (χ4n) is 3.81. The highest BCUT2D eigenvalue weighted by atomic mass is 32.2. The summed E-state index contributed by atoms with van der Waals surface area (Å²) in [5.41, 5.74) is 4.96. The van der Waals surface area contributed by atoms with E-state index in [0.717, 1.165) is 33.5 Å². The van der Waals surface area contributed by atoms with Crippen molar-refractivity contribution in [2.75, 3.05) is 6.61 Å². The van der Waals surface area contributed by atoms with Crippen LogP contribution in [-0.2, 0) is 16.1 Å². The number of allylic oxidation sites excluding steroid dienone is 1. The monoisotopic (exact) mass is 442 g/mol. The van der Waals surface area contributed by atoms with Crippen molar-refractivity contribution in [1.82, 2.24) is 19.7 Å². The Labute approximate surface area is 190 Å². The number of para-hydroxylation sites is 1. The summed E-state index contributed by atoms with van der Waals surface area (Å²) in [6, 6.07) is 18.4. The minimum atomic E-state index is -0.257. The van der Waals surface area contributed by atoms with E-state index >= 15 is 0 Å². The molecule has 1 aliphatic rings. The third-order valence-electron chi connectivity index (χ3n) is 5.47. The molecule has 1 atom stereocenters. The average Bonchev–Trinajstić information content (AvgIpc) is 3.40. The topological polar surface area (TPSA) is 69.9 Å². The number of rotatable bonds is 6. The van der Waals surface area contributed by atoms with Crippen LogP contribution in [0.3, 0.4) is 0 Å². The lowest BCUT2D eigenvalue weighted by atomic mass is 10.0. The van der Waals surface area contributed by atoms with E-state index in [9.17, 15) is 4.79 Å². The minimum Gasteiger partial charge on any atom is -0.465 e. The average molecular weight is 443 g/mol. The molecular weight excluding hydrogens is 420 g/mol. The molecule has 5 rings (SSSR count). The van der Waals surface area contributed by atoms with Crippen molar-refractivity contribution in [3.8, 4) is 22.6 Å². The maximum absolute atomic E-state index is 12.0. The summed E-state index contributed by atoms with van der Waals surface area (Å²) in [6.45, 7) is 6.96. The van der Waals surface area contributed by atoms with Gasteiger partial charge in [-0.15, -0.1) is 16.8 Å². The second kappa shape index (κ2) is 8.59. The molecule has 0 amide bonds. The number of aryl methyl sites for hydroxylation is 1. The van der Waals surface area contributed by atoms with Gasteiger partial charge in [0, 0.05) is 29.5 Å². The van der Waals surface area contributed by atoms with Crippen LogP contribution in [0.4, 0.5) is 0 Å². The number of nitrogens with zero attached hydrogens (tertiary/aromatic N) is 4. The molecule has 160 valence electrons. The molecule has 7 heteroatoms. The standard InChI is InChI=1S/C25H22N4O2S/c1-3-13-29-23(27-28-25(29)32-22-12-14-31-24(22)30)19-15-21(17-10-8-16(2)9-11-17)26-20-7-5-4-6-18(19)20/h3-11,15,22H,1,12-14H2,2H3. The summed E-state index contributed by atoms with van der Waals surface area (Å²) in [5.74, 6) is 0.534. The third kappa shape index (κ3) is 3.80. The second-order valence-electron chi connectivity index (χ2n) is 7.71. The SMILES string of the molecule is C=CCn1c(SC2CCOC2=O)nnc1-c1cc(-c2ccc(C)cc2)nc2ccccc12. The summed E-state index contributed by atoms with van der Waals surface area (Å²) in [5, 5.41) is 10.4. The van der Waals surface area contributed by atoms with E-state index < -0.39 is 0 Å². The maximum Gasteiger partial charge on any atom is 0.319 e. The molecule has 3 heterocycles. The fourth-order valence-corrected chi connectivity index (χ4v) is 4.82. The molecule has 1 aliphatic heterocycles. The largest absolute Gasteiger partial charge is 0.465 e. The number of pyridine rings is 1. The lowest BCUT2D eigenvalue weighted by Crippen LogP contribution is -2.11. The van der Waals surface area contributed by atoms with Crippen LogP contribution in [-0.4, -0.2) is 37.6 Å². The molecule has 0 bridgehead atoms. The van der Waals surface area contributed by atoms with Gasteiger partial charge in [-0.1, -0.05) is 65.9 Å². The van der Waals surface area contributed by atoms with Crippen molar-refractivity contribution >= 4 is 28.6 Å².